The molecule has 0 N–H and O–H groups in total. The first-order valence-corrected chi connectivity index (χ1v) is 11.3. The molecule has 150 valence electrons. The number of amides is 1. The first-order valence-electron chi connectivity index (χ1n) is 10.1. The van der Waals surface area contributed by atoms with E-state index in [0.717, 1.165) is 39.5 Å². The summed E-state index contributed by atoms with van der Waals surface area (Å²) in [6.45, 7) is 7.04. The minimum absolute atomic E-state index is 0.158. The molecular weight excluding hydrogens is 400 g/mol. The van der Waals surface area contributed by atoms with Crippen LogP contribution in [-0.2, 0) is 4.79 Å². The summed E-state index contributed by atoms with van der Waals surface area (Å²) >= 11 is 7.92. The molecule has 0 saturated heterocycles. The van der Waals surface area contributed by atoms with Crippen molar-refractivity contribution in [2.75, 3.05) is 31.1 Å². The van der Waals surface area contributed by atoms with Crippen LogP contribution in [0.3, 0.4) is 0 Å². The van der Waals surface area contributed by atoms with Gasteiger partial charge >= 0.3 is 0 Å². The molecule has 3 aromatic carbocycles. The minimum Gasteiger partial charge on any atom is -0.308 e. The number of nitrogens with zero attached hydrogens (tertiary/aromatic N) is 2. The number of hydrogen-bond donors (Lipinski definition) is 0. The smallest absolute Gasteiger partial charge is 0.241 e. The number of carbonyl (C=O) groups is 1. The molecule has 5 heteroatoms. The third-order valence-electron chi connectivity index (χ3n) is 5.55. The van der Waals surface area contributed by atoms with Gasteiger partial charge in [-0.25, -0.2) is 0 Å². The van der Waals surface area contributed by atoms with Gasteiger partial charge < -0.3 is 4.90 Å². The number of carbonyl (C=O) groups excluding carboxylic acids is 1. The van der Waals surface area contributed by atoms with E-state index < -0.39 is 0 Å². The van der Waals surface area contributed by atoms with Gasteiger partial charge in [-0.1, -0.05) is 67.9 Å². The molecule has 1 amide bonds. The number of anilines is 1. The normalized spacial score (nSPS) is 16.3. The lowest BCUT2D eigenvalue weighted by Crippen LogP contribution is -2.43. The molecule has 0 bridgehead atoms. The Bertz CT molecular complexity index is 1020. The number of rotatable bonds is 5. The average Bonchev–Trinajstić information content (AvgIpc) is 2.76. The molecule has 1 aliphatic heterocycles. The Hall–Kier alpha value is -2.01. The number of halogens is 1. The lowest BCUT2D eigenvalue weighted by Gasteiger charge is -2.36. The molecule has 0 aromatic heterocycles. The van der Waals surface area contributed by atoms with Gasteiger partial charge in [-0.2, -0.15) is 0 Å². The Morgan fingerprint density at radius 3 is 2.52 bits per heavy atom. The van der Waals surface area contributed by atoms with Crippen LogP contribution in [0.15, 0.2) is 65.6 Å². The predicted octanol–water partition coefficient (Wildman–Crippen LogP) is 6.02. The van der Waals surface area contributed by atoms with Gasteiger partial charge in [-0.15, -0.1) is 11.8 Å². The van der Waals surface area contributed by atoms with Crippen LogP contribution in [0.5, 0.6) is 0 Å². The van der Waals surface area contributed by atoms with Gasteiger partial charge in [0.15, 0.2) is 0 Å². The van der Waals surface area contributed by atoms with Crippen LogP contribution in [-0.4, -0.2) is 37.0 Å². The average molecular weight is 425 g/mol. The minimum atomic E-state index is 0.158. The van der Waals surface area contributed by atoms with Crippen molar-refractivity contribution in [3.05, 3.63) is 71.2 Å². The zero-order valence-corrected chi connectivity index (χ0v) is 18.3. The maximum Gasteiger partial charge on any atom is 0.241 e. The topological polar surface area (TPSA) is 23.6 Å². The van der Waals surface area contributed by atoms with Crippen LogP contribution in [0, 0.1) is 0 Å². The molecule has 3 nitrogen and oxygen atoms in total. The Kier molecular flexibility index (Phi) is 6.14. The van der Waals surface area contributed by atoms with Gasteiger partial charge in [0.2, 0.25) is 5.91 Å². The second-order valence-electron chi connectivity index (χ2n) is 7.26. The van der Waals surface area contributed by atoms with Gasteiger partial charge in [0, 0.05) is 21.8 Å². The van der Waals surface area contributed by atoms with Crippen molar-refractivity contribution >= 4 is 45.7 Å². The second kappa shape index (κ2) is 8.78. The van der Waals surface area contributed by atoms with Crippen molar-refractivity contribution < 1.29 is 4.79 Å². The third kappa shape index (κ3) is 4.16. The Labute approximate surface area is 181 Å². The van der Waals surface area contributed by atoms with E-state index in [1.807, 2.05) is 40.9 Å². The van der Waals surface area contributed by atoms with Gasteiger partial charge in [0.1, 0.15) is 0 Å². The molecule has 0 aliphatic carbocycles. The summed E-state index contributed by atoms with van der Waals surface area (Å²) in [6.07, 6.45) is 0. The monoisotopic (exact) mass is 424 g/mol. The number of benzene rings is 3. The van der Waals surface area contributed by atoms with Crippen molar-refractivity contribution in [2.24, 2.45) is 0 Å². The van der Waals surface area contributed by atoms with E-state index in [1.54, 1.807) is 0 Å². The third-order valence-corrected chi connectivity index (χ3v) is 7.09. The van der Waals surface area contributed by atoms with Crippen LogP contribution in [0.4, 0.5) is 5.69 Å². The molecule has 1 heterocycles. The summed E-state index contributed by atoms with van der Waals surface area (Å²) in [4.78, 5) is 18.8. The number of likely N-dealkylation sites (N-methyl/N-ethyl adjacent to an activating group) is 1. The standard InChI is InChI=1S/C24H25ClN2OS/c1-3-26(4-2)16-23(28)27-15-22(18-9-12-19(25)13-10-18)29-21-14-11-17-7-5-6-8-20(17)24(21)27/h5-14,22H,3-4,15-16H2,1-2H3. The van der Waals surface area contributed by atoms with E-state index in [2.05, 4.69) is 55.1 Å². The number of thioether (sulfide) groups is 1. The highest BCUT2D eigenvalue weighted by atomic mass is 35.5. The molecule has 1 aliphatic rings. The summed E-state index contributed by atoms with van der Waals surface area (Å²) < 4.78 is 0. The van der Waals surface area contributed by atoms with E-state index in [-0.39, 0.29) is 11.2 Å². The molecule has 0 saturated carbocycles. The van der Waals surface area contributed by atoms with E-state index >= 15 is 0 Å². The molecule has 0 radical (unpaired) electrons. The molecule has 4 rings (SSSR count). The highest BCUT2D eigenvalue weighted by molar-refractivity contribution is 7.99. The predicted molar refractivity (Wildman–Crippen MR) is 124 cm³/mol. The Morgan fingerprint density at radius 1 is 1.07 bits per heavy atom. The number of fused-ring (bicyclic) bond motifs is 3. The van der Waals surface area contributed by atoms with Crippen molar-refractivity contribution in [1.29, 1.82) is 0 Å². The fraction of sp³-hybridized carbons (Fsp3) is 0.292. The first-order chi connectivity index (χ1) is 14.1. The lowest BCUT2D eigenvalue weighted by atomic mass is 10.1. The van der Waals surface area contributed by atoms with Crippen molar-refractivity contribution in [3.63, 3.8) is 0 Å². The maximum atomic E-state index is 13.4. The molecular formula is C24H25ClN2OS. The molecule has 0 fully saturated rings. The highest BCUT2D eigenvalue weighted by Crippen LogP contribution is 2.48. The lowest BCUT2D eigenvalue weighted by molar-refractivity contribution is -0.119. The molecule has 1 unspecified atom stereocenters. The quantitative estimate of drug-likeness (QED) is 0.500. The first kappa shape index (κ1) is 20.3. The van der Waals surface area contributed by atoms with Gasteiger partial charge in [0.25, 0.3) is 0 Å². The second-order valence-corrected chi connectivity index (χ2v) is 8.94. The zero-order valence-electron chi connectivity index (χ0n) is 16.8. The fourth-order valence-electron chi connectivity index (χ4n) is 3.86. The van der Waals surface area contributed by atoms with Crippen molar-refractivity contribution in [2.45, 2.75) is 24.0 Å². The van der Waals surface area contributed by atoms with E-state index in [4.69, 9.17) is 11.6 Å². The Balaban J connectivity index is 1.77. The summed E-state index contributed by atoms with van der Waals surface area (Å²) in [5, 5.41) is 3.22. The van der Waals surface area contributed by atoms with Crippen LogP contribution in [0.2, 0.25) is 5.02 Å². The maximum absolute atomic E-state index is 13.4. The van der Waals surface area contributed by atoms with Crippen molar-refractivity contribution in [1.82, 2.24) is 4.90 Å². The highest BCUT2D eigenvalue weighted by Gasteiger charge is 2.31. The zero-order chi connectivity index (χ0) is 20.4. The van der Waals surface area contributed by atoms with Crippen LogP contribution in [0.25, 0.3) is 10.8 Å². The SMILES string of the molecule is CCN(CC)CC(=O)N1CC(c2ccc(Cl)cc2)Sc2ccc3ccccc3c21. The van der Waals surface area contributed by atoms with E-state index in [0.29, 0.717) is 13.1 Å². The van der Waals surface area contributed by atoms with E-state index in [9.17, 15) is 4.79 Å². The van der Waals surface area contributed by atoms with Crippen molar-refractivity contribution in [3.8, 4) is 0 Å². The molecule has 3 aromatic rings. The summed E-state index contributed by atoms with van der Waals surface area (Å²) in [5.41, 5.74) is 2.24. The van der Waals surface area contributed by atoms with Crippen LogP contribution >= 0.6 is 23.4 Å². The number of hydrogen-bond acceptors (Lipinski definition) is 3. The molecule has 0 spiro atoms. The summed E-state index contributed by atoms with van der Waals surface area (Å²) in [7, 11) is 0. The summed E-state index contributed by atoms with van der Waals surface area (Å²) in [5.74, 6) is 0.158. The van der Waals surface area contributed by atoms with E-state index in [1.165, 1.54) is 5.56 Å². The Morgan fingerprint density at radius 2 is 1.79 bits per heavy atom. The largest absolute Gasteiger partial charge is 0.308 e. The van der Waals surface area contributed by atoms with Gasteiger partial charge in [-0.05, 0) is 42.2 Å². The van der Waals surface area contributed by atoms with Crippen LogP contribution < -0.4 is 4.90 Å². The van der Waals surface area contributed by atoms with Gasteiger partial charge in [0.05, 0.1) is 17.5 Å². The summed E-state index contributed by atoms with van der Waals surface area (Å²) in [6, 6.07) is 20.6. The van der Waals surface area contributed by atoms with Crippen LogP contribution in [0.1, 0.15) is 24.7 Å². The van der Waals surface area contributed by atoms with Gasteiger partial charge in [-0.3, -0.25) is 9.69 Å². The molecule has 1 atom stereocenters. The fourth-order valence-corrected chi connectivity index (χ4v) is 5.29. The molecule has 29 heavy (non-hydrogen) atoms.